The van der Waals surface area contributed by atoms with Crippen LogP contribution in [0.4, 0.5) is 0 Å². The Hall–Kier alpha value is -3.80. The number of benzene rings is 4. The Morgan fingerprint density at radius 3 is 1.78 bits per heavy atom. The van der Waals surface area contributed by atoms with Crippen LogP contribution in [0.15, 0.2) is 126 Å². The Labute approximate surface area is 222 Å². The van der Waals surface area contributed by atoms with E-state index in [9.17, 15) is 0 Å². The molecule has 36 heavy (non-hydrogen) atoms. The highest BCUT2D eigenvalue weighted by Gasteiger charge is 2.41. The molecule has 0 atom stereocenters. The molecule has 0 radical (unpaired) electrons. The van der Waals surface area contributed by atoms with Crippen molar-refractivity contribution in [3.63, 3.8) is 0 Å². The maximum atomic E-state index is 6.39. The zero-order valence-electron chi connectivity index (χ0n) is 19.1. The number of aromatic nitrogens is 4. The SMILES string of the molecule is Clc1ncc2c(-c3cccc(Br)c3)nn(C(c3ccccc3)(c3ccccc3)c3ccccc3)c2n1. The van der Waals surface area contributed by atoms with Crippen molar-refractivity contribution < 1.29 is 0 Å². The van der Waals surface area contributed by atoms with E-state index in [1.54, 1.807) is 6.20 Å². The molecule has 0 aliphatic rings. The molecular weight excluding hydrogens is 532 g/mol. The summed E-state index contributed by atoms with van der Waals surface area (Å²) in [6.07, 6.45) is 1.76. The van der Waals surface area contributed by atoms with Crippen LogP contribution in [0.5, 0.6) is 0 Å². The topological polar surface area (TPSA) is 43.6 Å². The highest BCUT2D eigenvalue weighted by molar-refractivity contribution is 9.10. The van der Waals surface area contributed by atoms with E-state index in [1.165, 1.54) is 0 Å². The van der Waals surface area contributed by atoms with Gasteiger partial charge in [0.1, 0.15) is 11.2 Å². The van der Waals surface area contributed by atoms with Crippen LogP contribution in [-0.2, 0) is 5.54 Å². The van der Waals surface area contributed by atoms with Gasteiger partial charge in [-0.05, 0) is 40.4 Å². The third-order valence-electron chi connectivity index (χ3n) is 6.39. The van der Waals surface area contributed by atoms with E-state index in [1.807, 2.05) is 41.1 Å². The van der Waals surface area contributed by atoms with Gasteiger partial charge >= 0.3 is 0 Å². The van der Waals surface area contributed by atoms with E-state index in [2.05, 4.69) is 99.8 Å². The number of hydrogen-bond donors (Lipinski definition) is 0. The zero-order chi connectivity index (χ0) is 24.5. The van der Waals surface area contributed by atoms with Gasteiger partial charge in [0.05, 0.1) is 5.39 Å². The predicted molar refractivity (Wildman–Crippen MR) is 148 cm³/mol. The van der Waals surface area contributed by atoms with Gasteiger partial charge in [-0.15, -0.1) is 0 Å². The van der Waals surface area contributed by atoms with Gasteiger partial charge in [0.25, 0.3) is 0 Å². The summed E-state index contributed by atoms with van der Waals surface area (Å²) in [6.45, 7) is 0. The lowest BCUT2D eigenvalue weighted by atomic mass is 9.77. The van der Waals surface area contributed by atoms with E-state index in [0.29, 0.717) is 5.65 Å². The number of fused-ring (bicyclic) bond motifs is 1. The lowest BCUT2D eigenvalue weighted by Crippen LogP contribution is -2.38. The third kappa shape index (κ3) is 3.72. The van der Waals surface area contributed by atoms with Crippen LogP contribution in [0.3, 0.4) is 0 Å². The molecule has 6 heteroatoms. The summed E-state index contributed by atoms with van der Waals surface area (Å²) in [5.41, 5.74) is 4.76. The summed E-state index contributed by atoms with van der Waals surface area (Å²) < 4.78 is 2.98. The van der Waals surface area contributed by atoms with E-state index in [0.717, 1.165) is 37.8 Å². The van der Waals surface area contributed by atoms with Crippen LogP contribution >= 0.6 is 27.5 Å². The molecule has 0 amide bonds. The smallest absolute Gasteiger partial charge is 0.224 e. The number of nitrogens with zero attached hydrogens (tertiary/aromatic N) is 4. The first-order valence-electron chi connectivity index (χ1n) is 11.5. The third-order valence-corrected chi connectivity index (χ3v) is 7.06. The van der Waals surface area contributed by atoms with Crippen LogP contribution in [-0.4, -0.2) is 19.7 Å². The van der Waals surface area contributed by atoms with Crippen LogP contribution in [0.1, 0.15) is 16.7 Å². The molecule has 0 N–H and O–H groups in total. The Morgan fingerprint density at radius 1 is 0.694 bits per heavy atom. The van der Waals surface area contributed by atoms with Gasteiger partial charge < -0.3 is 0 Å². The van der Waals surface area contributed by atoms with Crippen molar-refractivity contribution in [2.24, 2.45) is 0 Å². The van der Waals surface area contributed by atoms with Gasteiger partial charge in [0, 0.05) is 16.2 Å². The molecule has 2 heterocycles. The Kier molecular flexibility index (Phi) is 5.88. The van der Waals surface area contributed by atoms with E-state index >= 15 is 0 Å². The first kappa shape index (κ1) is 22.7. The van der Waals surface area contributed by atoms with Crippen molar-refractivity contribution in [3.05, 3.63) is 148 Å². The summed E-state index contributed by atoms with van der Waals surface area (Å²) in [7, 11) is 0. The lowest BCUT2D eigenvalue weighted by Gasteiger charge is -2.36. The first-order chi connectivity index (χ1) is 17.7. The van der Waals surface area contributed by atoms with Crippen molar-refractivity contribution in [2.45, 2.75) is 5.54 Å². The Bertz CT molecular complexity index is 1550. The highest BCUT2D eigenvalue weighted by Crippen LogP contribution is 2.43. The van der Waals surface area contributed by atoms with Gasteiger partial charge in [-0.2, -0.15) is 10.1 Å². The number of rotatable bonds is 5. The molecule has 0 aliphatic carbocycles. The standard InChI is InChI=1S/C30H20BrClN4/c31-25-18-10-11-21(19-25)27-26-20-33-29(32)34-28(26)36(35-27)30(22-12-4-1-5-13-22,23-14-6-2-7-15-23)24-16-8-3-9-17-24/h1-20H. The Morgan fingerprint density at radius 2 is 1.25 bits per heavy atom. The number of halogens is 2. The molecule has 0 saturated carbocycles. The normalized spacial score (nSPS) is 11.6. The second-order valence-electron chi connectivity index (χ2n) is 8.46. The summed E-state index contributed by atoms with van der Waals surface area (Å²) >= 11 is 9.99. The van der Waals surface area contributed by atoms with Gasteiger partial charge in [0.15, 0.2) is 5.65 Å². The molecule has 0 saturated heterocycles. The molecule has 4 aromatic carbocycles. The minimum absolute atomic E-state index is 0.174. The molecule has 6 rings (SSSR count). The molecule has 0 fully saturated rings. The van der Waals surface area contributed by atoms with E-state index in [-0.39, 0.29) is 5.28 Å². The molecule has 4 nitrogen and oxygen atoms in total. The summed E-state index contributed by atoms with van der Waals surface area (Å²) in [4.78, 5) is 9.05. The minimum atomic E-state index is -0.816. The first-order valence-corrected chi connectivity index (χ1v) is 12.7. The van der Waals surface area contributed by atoms with Crippen molar-refractivity contribution in [3.8, 4) is 11.3 Å². The molecular formula is C30H20BrClN4. The summed E-state index contributed by atoms with van der Waals surface area (Å²) in [5, 5.41) is 6.28. The zero-order valence-corrected chi connectivity index (χ0v) is 21.4. The lowest BCUT2D eigenvalue weighted by molar-refractivity contribution is 0.473. The number of hydrogen-bond acceptors (Lipinski definition) is 3. The van der Waals surface area contributed by atoms with Crippen molar-refractivity contribution in [1.29, 1.82) is 0 Å². The quantitative estimate of drug-likeness (QED) is 0.162. The summed E-state index contributed by atoms with van der Waals surface area (Å²) in [6, 6.07) is 39.3. The van der Waals surface area contributed by atoms with Gasteiger partial charge in [-0.3, -0.25) is 0 Å². The molecule has 0 bridgehead atoms. The van der Waals surface area contributed by atoms with Crippen molar-refractivity contribution in [1.82, 2.24) is 19.7 Å². The maximum Gasteiger partial charge on any atom is 0.224 e. The molecule has 2 aromatic heterocycles. The maximum absolute atomic E-state index is 6.39. The van der Waals surface area contributed by atoms with Gasteiger partial charge in [-0.1, -0.05) is 119 Å². The second kappa shape index (κ2) is 9.34. The van der Waals surface area contributed by atoms with Gasteiger partial charge in [0.2, 0.25) is 5.28 Å². The molecule has 0 spiro atoms. The Balaban J connectivity index is 1.80. The van der Waals surface area contributed by atoms with Crippen molar-refractivity contribution >= 4 is 38.6 Å². The molecule has 6 aromatic rings. The largest absolute Gasteiger partial charge is 0.227 e. The van der Waals surface area contributed by atoms with Crippen LogP contribution < -0.4 is 0 Å². The van der Waals surface area contributed by atoms with Crippen LogP contribution in [0.25, 0.3) is 22.3 Å². The predicted octanol–water partition coefficient (Wildman–Crippen LogP) is 7.75. The van der Waals surface area contributed by atoms with Gasteiger partial charge in [-0.25, -0.2) is 9.67 Å². The fourth-order valence-electron chi connectivity index (χ4n) is 4.87. The fraction of sp³-hybridized carbons (Fsp3) is 0.0333. The monoisotopic (exact) mass is 550 g/mol. The molecule has 0 aliphatic heterocycles. The average molecular weight is 552 g/mol. The second-order valence-corrected chi connectivity index (χ2v) is 9.71. The summed E-state index contributed by atoms with van der Waals surface area (Å²) in [5.74, 6) is 0. The average Bonchev–Trinajstić information content (AvgIpc) is 3.30. The van der Waals surface area contributed by atoms with E-state index in [4.69, 9.17) is 21.7 Å². The van der Waals surface area contributed by atoms with Crippen molar-refractivity contribution in [2.75, 3.05) is 0 Å². The highest BCUT2D eigenvalue weighted by atomic mass is 79.9. The van der Waals surface area contributed by atoms with Crippen LogP contribution in [0.2, 0.25) is 5.28 Å². The fourth-order valence-corrected chi connectivity index (χ4v) is 5.40. The van der Waals surface area contributed by atoms with Crippen LogP contribution in [0, 0.1) is 0 Å². The minimum Gasteiger partial charge on any atom is -0.227 e. The molecule has 0 unspecified atom stereocenters. The van der Waals surface area contributed by atoms with E-state index < -0.39 is 5.54 Å². The molecule has 174 valence electrons.